The first-order valence-corrected chi connectivity index (χ1v) is 33.4. The van der Waals surface area contributed by atoms with Gasteiger partial charge in [0.25, 0.3) is 0 Å². The zero-order valence-corrected chi connectivity index (χ0v) is 57.2. The van der Waals surface area contributed by atoms with Crippen molar-refractivity contribution < 1.29 is 13.6 Å². The molecule has 0 radical (unpaired) electrons. The summed E-state index contributed by atoms with van der Waals surface area (Å²) in [6.07, 6.45) is 12.2. The van der Waals surface area contributed by atoms with Crippen molar-refractivity contribution in [2.45, 2.75) is 345 Å². The molecule has 6 aliphatic heterocycles. The average molecular weight is 1150 g/mol. The maximum atomic E-state index is 7.97. The predicted octanol–water partition coefficient (Wildman–Crippen LogP) is 17.6. The second-order valence-electron chi connectivity index (χ2n) is 35.8. The third kappa shape index (κ3) is 15.3. The van der Waals surface area contributed by atoms with Crippen LogP contribution in [0.3, 0.4) is 0 Å². The van der Waals surface area contributed by atoms with E-state index in [4.69, 9.17) is 13.6 Å². The van der Waals surface area contributed by atoms with Gasteiger partial charge >= 0.3 is 8.60 Å². The molecule has 0 bridgehead atoms. The summed E-state index contributed by atoms with van der Waals surface area (Å²) in [6, 6.07) is 21.0. The summed E-state index contributed by atoms with van der Waals surface area (Å²) in [5, 5.41) is 24.2. The molecule has 0 aromatic heterocycles. The summed E-state index contributed by atoms with van der Waals surface area (Å²) in [7, 11) is -2.13. The molecule has 0 spiro atoms. The van der Waals surface area contributed by atoms with Gasteiger partial charge in [0.05, 0.1) is 0 Å². The standard InChI is InChI=1S/C72H117N6O3P/c1-61(2)34-46(35-62(3,4)73-61)52-28-25-31-55(58(52)49-40-67(13,14)76-68(15,16)41-49)79-82(80-56-32-26-29-53(47-36-63(5,6)74-64(7,8)37-47)59(56)50-42-69(17,18)77-70(19,20)43-50)81-57-33-27-30-54(48-38-65(9,10)75-66(11,12)39-48)60(57)51-44-71(21,22)78-72(23,24)45-51/h25-33,46-51,73-78H,34-45H2,1-24H3. The Morgan fingerprint density at radius 2 is 0.415 bits per heavy atom. The van der Waals surface area contributed by atoms with Gasteiger partial charge in [-0.1, -0.05) is 36.4 Å². The average Bonchev–Trinajstić information content (AvgIpc) is 2.79. The van der Waals surface area contributed by atoms with Crippen LogP contribution in [0.25, 0.3) is 0 Å². The largest absolute Gasteiger partial charge is 0.530 e. The van der Waals surface area contributed by atoms with Crippen molar-refractivity contribution in [2.24, 2.45) is 0 Å². The van der Waals surface area contributed by atoms with E-state index in [1.165, 1.54) is 33.4 Å². The lowest BCUT2D eigenvalue weighted by atomic mass is 9.67. The van der Waals surface area contributed by atoms with E-state index in [0.717, 1.165) is 94.3 Å². The number of hydrogen-bond donors (Lipinski definition) is 6. The van der Waals surface area contributed by atoms with Crippen LogP contribution in [-0.2, 0) is 0 Å². The highest BCUT2D eigenvalue weighted by molar-refractivity contribution is 7.43. The first kappa shape index (κ1) is 63.7. The zero-order valence-electron chi connectivity index (χ0n) is 56.3. The van der Waals surface area contributed by atoms with Crippen LogP contribution in [0.5, 0.6) is 17.2 Å². The van der Waals surface area contributed by atoms with Crippen molar-refractivity contribution in [3.05, 3.63) is 88.0 Å². The van der Waals surface area contributed by atoms with Crippen LogP contribution in [0.4, 0.5) is 0 Å². The topological polar surface area (TPSA) is 99.9 Å². The number of piperidine rings is 6. The Hall–Kier alpha value is -2.75. The molecule has 0 unspecified atom stereocenters. The van der Waals surface area contributed by atoms with Gasteiger partial charge in [-0.15, -0.1) is 0 Å². The van der Waals surface area contributed by atoms with E-state index in [2.05, 4.69) is 253 Å². The Kier molecular flexibility index (Phi) is 16.7. The van der Waals surface area contributed by atoms with Crippen molar-refractivity contribution >= 4 is 8.60 Å². The minimum Gasteiger partial charge on any atom is -0.408 e. The van der Waals surface area contributed by atoms with Gasteiger partial charge in [0.1, 0.15) is 17.2 Å². The van der Waals surface area contributed by atoms with Gasteiger partial charge in [0, 0.05) is 83.2 Å². The van der Waals surface area contributed by atoms with Crippen molar-refractivity contribution in [3.8, 4) is 17.2 Å². The van der Waals surface area contributed by atoms with E-state index in [1.807, 2.05) is 0 Å². The summed E-state index contributed by atoms with van der Waals surface area (Å²) in [6.45, 7) is 57.4. The minimum absolute atomic E-state index is 0.0396. The maximum Gasteiger partial charge on any atom is 0.530 e. The first-order valence-electron chi connectivity index (χ1n) is 32.3. The summed E-state index contributed by atoms with van der Waals surface area (Å²) in [4.78, 5) is 0. The Labute approximate surface area is 502 Å². The molecule has 0 saturated carbocycles. The molecular weight excluding hydrogens is 1030 g/mol. The molecule has 458 valence electrons. The lowest BCUT2D eigenvalue weighted by molar-refractivity contribution is 0.151. The fourth-order valence-electron chi connectivity index (χ4n) is 19.8. The first-order chi connectivity index (χ1) is 37.3. The van der Waals surface area contributed by atoms with Crippen molar-refractivity contribution in [1.29, 1.82) is 0 Å². The molecule has 9 rings (SSSR count). The summed E-state index contributed by atoms with van der Waals surface area (Å²) in [5.74, 6) is 4.44. The monoisotopic (exact) mass is 1140 g/mol. The Morgan fingerprint density at radius 3 is 0.585 bits per heavy atom. The molecular formula is C72H117N6O3P. The summed E-state index contributed by atoms with van der Waals surface area (Å²) in [5.41, 5.74) is 7.51. The highest BCUT2D eigenvalue weighted by Crippen LogP contribution is 2.57. The lowest BCUT2D eigenvalue weighted by Gasteiger charge is -2.50. The van der Waals surface area contributed by atoms with E-state index in [1.54, 1.807) is 0 Å². The number of benzene rings is 3. The van der Waals surface area contributed by atoms with Crippen LogP contribution in [-0.4, -0.2) is 66.5 Å². The van der Waals surface area contributed by atoms with Gasteiger partial charge in [-0.25, -0.2) is 0 Å². The lowest BCUT2D eigenvalue weighted by Crippen LogP contribution is -2.58. The SMILES string of the molecule is CC1(C)CC(c2cccc(OP(Oc3cccc(C4CC(C)(C)NC(C)(C)C4)c3C3CC(C)(C)NC(C)(C)C3)Oc3cccc(C4CC(C)(C)NC(C)(C)C4)c3C3CC(C)(C)NC(C)(C)C3)c2C2CC(C)(C)NC(C)(C)C2)CC(C)(C)N1. The Balaban J connectivity index is 1.28. The van der Waals surface area contributed by atoms with Crippen molar-refractivity contribution in [2.75, 3.05) is 0 Å². The zero-order chi connectivity index (χ0) is 60.5. The van der Waals surface area contributed by atoms with Crippen LogP contribution in [0.1, 0.15) is 312 Å². The Morgan fingerprint density at radius 1 is 0.256 bits per heavy atom. The predicted molar refractivity (Wildman–Crippen MR) is 348 cm³/mol. The highest BCUT2D eigenvalue weighted by Gasteiger charge is 2.49. The van der Waals surface area contributed by atoms with E-state index in [0.29, 0.717) is 17.8 Å². The van der Waals surface area contributed by atoms with Gasteiger partial charge in [-0.2, -0.15) is 0 Å². The minimum atomic E-state index is -2.13. The molecule has 10 heteroatoms. The van der Waals surface area contributed by atoms with E-state index in [-0.39, 0.29) is 84.2 Å². The smallest absolute Gasteiger partial charge is 0.408 e. The molecule has 0 aliphatic carbocycles. The van der Waals surface area contributed by atoms with E-state index in [9.17, 15) is 0 Å². The third-order valence-electron chi connectivity index (χ3n) is 19.5. The third-order valence-corrected chi connectivity index (χ3v) is 20.5. The Bertz CT molecular complexity index is 2410. The van der Waals surface area contributed by atoms with Gasteiger partial charge in [0.2, 0.25) is 0 Å². The molecule has 6 N–H and O–H groups in total. The van der Waals surface area contributed by atoms with Crippen molar-refractivity contribution in [3.63, 3.8) is 0 Å². The van der Waals surface area contributed by atoms with Crippen LogP contribution in [0.2, 0.25) is 0 Å². The quantitative estimate of drug-likeness (QED) is 0.0991. The second-order valence-corrected chi connectivity index (χ2v) is 36.8. The maximum absolute atomic E-state index is 7.97. The molecule has 6 heterocycles. The van der Waals surface area contributed by atoms with Crippen molar-refractivity contribution in [1.82, 2.24) is 31.9 Å². The molecule has 0 amide bonds. The van der Waals surface area contributed by atoms with Gasteiger partial charge < -0.3 is 45.5 Å². The number of hydrogen-bond acceptors (Lipinski definition) is 9. The second kappa shape index (κ2) is 21.5. The van der Waals surface area contributed by atoms with Crippen LogP contribution in [0, 0.1) is 0 Å². The van der Waals surface area contributed by atoms with Crippen LogP contribution >= 0.6 is 8.60 Å². The molecule has 6 aliphatic rings. The fraction of sp³-hybridized carbons (Fsp3) is 0.750. The van der Waals surface area contributed by atoms with Gasteiger partial charge in [-0.3, -0.25) is 0 Å². The van der Waals surface area contributed by atoms with Crippen LogP contribution < -0.4 is 45.5 Å². The van der Waals surface area contributed by atoms with Crippen LogP contribution in [0.15, 0.2) is 54.6 Å². The summed E-state index contributed by atoms with van der Waals surface area (Å²) < 4.78 is 23.9. The molecule has 6 fully saturated rings. The number of nitrogens with one attached hydrogen (secondary N) is 6. The fourth-order valence-corrected chi connectivity index (χ4v) is 20.9. The molecule has 9 nitrogen and oxygen atoms in total. The van der Waals surface area contributed by atoms with Gasteiger partial charge in [-0.05, 0) is 314 Å². The van der Waals surface area contributed by atoms with E-state index < -0.39 is 8.60 Å². The molecule has 6 saturated heterocycles. The molecule has 3 aromatic carbocycles. The molecule has 82 heavy (non-hydrogen) atoms. The van der Waals surface area contributed by atoms with E-state index >= 15 is 0 Å². The number of rotatable bonds is 12. The summed E-state index contributed by atoms with van der Waals surface area (Å²) >= 11 is 0. The highest BCUT2D eigenvalue weighted by atomic mass is 31.2. The normalized spacial score (nSPS) is 27.6. The molecule has 3 aromatic rings. The van der Waals surface area contributed by atoms with Gasteiger partial charge in [0.15, 0.2) is 0 Å². The molecule has 0 atom stereocenters.